The standard InChI is InChI=1S/C19H16N4OS/c1-13-6-8-16(9-7-13)23-12-15(21-22-23)11-20-19(24)18-10-14-4-2-3-5-17(14)25-18/h2-10,12H,11H2,1H3,(H,20,24). The van der Waals surface area contributed by atoms with Crippen LogP contribution in [0.4, 0.5) is 0 Å². The number of nitrogens with one attached hydrogen (secondary N) is 1. The lowest BCUT2D eigenvalue weighted by atomic mass is 10.2. The summed E-state index contributed by atoms with van der Waals surface area (Å²) in [6.45, 7) is 2.39. The molecule has 4 rings (SSSR count). The summed E-state index contributed by atoms with van der Waals surface area (Å²) in [6, 6.07) is 17.9. The Morgan fingerprint density at radius 1 is 1.16 bits per heavy atom. The maximum absolute atomic E-state index is 12.3. The highest BCUT2D eigenvalue weighted by molar-refractivity contribution is 7.20. The molecule has 0 saturated carbocycles. The van der Waals surface area contributed by atoms with Crippen molar-refractivity contribution in [2.75, 3.05) is 0 Å². The van der Waals surface area contributed by atoms with Crippen molar-refractivity contribution in [2.45, 2.75) is 13.5 Å². The molecule has 0 aliphatic heterocycles. The van der Waals surface area contributed by atoms with E-state index in [4.69, 9.17) is 0 Å². The van der Waals surface area contributed by atoms with Crippen LogP contribution in [0.25, 0.3) is 15.8 Å². The van der Waals surface area contributed by atoms with E-state index in [1.807, 2.05) is 67.7 Å². The molecule has 25 heavy (non-hydrogen) atoms. The number of benzene rings is 2. The summed E-state index contributed by atoms with van der Waals surface area (Å²) in [4.78, 5) is 13.0. The Balaban J connectivity index is 1.44. The van der Waals surface area contributed by atoms with Gasteiger partial charge in [0.1, 0.15) is 5.69 Å². The summed E-state index contributed by atoms with van der Waals surface area (Å²) in [7, 11) is 0. The second-order valence-electron chi connectivity index (χ2n) is 5.82. The summed E-state index contributed by atoms with van der Waals surface area (Å²) >= 11 is 1.49. The van der Waals surface area contributed by atoms with Gasteiger partial charge >= 0.3 is 0 Å². The average molecular weight is 348 g/mol. The van der Waals surface area contributed by atoms with Gasteiger partial charge < -0.3 is 5.32 Å². The van der Waals surface area contributed by atoms with Gasteiger partial charge in [0.25, 0.3) is 5.91 Å². The van der Waals surface area contributed by atoms with Crippen LogP contribution < -0.4 is 5.32 Å². The highest BCUT2D eigenvalue weighted by Crippen LogP contribution is 2.25. The fraction of sp³-hybridized carbons (Fsp3) is 0.105. The fourth-order valence-electron chi connectivity index (χ4n) is 2.55. The van der Waals surface area contributed by atoms with Crippen LogP contribution in [-0.2, 0) is 6.54 Å². The van der Waals surface area contributed by atoms with E-state index in [2.05, 4.69) is 15.6 Å². The molecule has 0 fully saturated rings. The molecule has 0 radical (unpaired) electrons. The van der Waals surface area contributed by atoms with E-state index >= 15 is 0 Å². The first-order valence-corrected chi connectivity index (χ1v) is 8.76. The second-order valence-corrected chi connectivity index (χ2v) is 6.90. The van der Waals surface area contributed by atoms with E-state index in [0.29, 0.717) is 11.4 Å². The van der Waals surface area contributed by atoms with E-state index in [1.165, 1.54) is 16.9 Å². The minimum absolute atomic E-state index is 0.0916. The first-order chi connectivity index (χ1) is 12.2. The van der Waals surface area contributed by atoms with Crippen molar-refractivity contribution in [2.24, 2.45) is 0 Å². The maximum Gasteiger partial charge on any atom is 0.261 e. The SMILES string of the molecule is Cc1ccc(-n2cc(CNC(=O)c3cc4ccccc4s3)nn2)cc1. The van der Waals surface area contributed by atoms with Crippen LogP contribution in [0.15, 0.2) is 60.8 Å². The van der Waals surface area contributed by atoms with Gasteiger partial charge in [-0.05, 0) is 36.6 Å². The van der Waals surface area contributed by atoms with Crippen molar-refractivity contribution < 1.29 is 4.79 Å². The van der Waals surface area contributed by atoms with Crippen molar-refractivity contribution in [3.63, 3.8) is 0 Å². The number of aryl methyl sites for hydroxylation is 1. The third-order valence-electron chi connectivity index (χ3n) is 3.92. The van der Waals surface area contributed by atoms with E-state index in [-0.39, 0.29) is 5.91 Å². The molecule has 0 aliphatic carbocycles. The Morgan fingerprint density at radius 2 is 1.96 bits per heavy atom. The number of rotatable bonds is 4. The van der Waals surface area contributed by atoms with Crippen molar-refractivity contribution in [1.29, 1.82) is 0 Å². The van der Waals surface area contributed by atoms with Crippen LogP contribution >= 0.6 is 11.3 Å². The molecule has 0 saturated heterocycles. The third-order valence-corrected chi connectivity index (χ3v) is 5.03. The van der Waals surface area contributed by atoms with Gasteiger partial charge in [0.05, 0.1) is 23.3 Å². The molecule has 2 aromatic carbocycles. The zero-order valence-corrected chi connectivity index (χ0v) is 14.5. The second kappa shape index (κ2) is 6.49. The molecular formula is C19H16N4OS. The molecule has 1 amide bonds. The monoisotopic (exact) mass is 348 g/mol. The minimum Gasteiger partial charge on any atom is -0.346 e. The van der Waals surface area contributed by atoms with Gasteiger partial charge in [-0.2, -0.15) is 0 Å². The van der Waals surface area contributed by atoms with Crippen LogP contribution in [-0.4, -0.2) is 20.9 Å². The van der Waals surface area contributed by atoms with Gasteiger partial charge in [-0.3, -0.25) is 4.79 Å². The summed E-state index contributed by atoms with van der Waals surface area (Å²) in [5.41, 5.74) is 2.86. The number of amides is 1. The number of hydrogen-bond donors (Lipinski definition) is 1. The first kappa shape index (κ1) is 15.5. The number of fused-ring (bicyclic) bond motifs is 1. The molecule has 5 nitrogen and oxygen atoms in total. The van der Waals surface area contributed by atoms with Crippen LogP contribution in [0.1, 0.15) is 20.9 Å². The molecule has 1 N–H and O–H groups in total. The van der Waals surface area contributed by atoms with Crippen LogP contribution in [0, 0.1) is 6.92 Å². The Labute approximate surface area is 148 Å². The minimum atomic E-state index is -0.0916. The van der Waals surface area contributed by atoms with Crippen molar-refractivity contribution in [3.05, 3.63) is 76.9 Å². The van der Waals surface area contributed by atoms with E-state index in [0.717, 1.165) is 21.5 Å². The lowest BCUT2D eigenvalue weighted by molar-refractivity contribution is 0.0954. The van der Waals surface area contributed by atoms with Crippen LogP contribution in [0.3, 0.4) is 0 Å². The van der Waals surface area contributed by atoms with E-state index in [9.17, 15) is 4.79 Å². The maximum atomic E-state index is 12.3. The zero-order valence-electron chi connectivity index (χ0n) is 13.6. The lowest BCUT2D eigenvalue weighted by Crippen LogP contribution is -2.21. The summed E-state index contributed by atoms with van der Waals surface area (Å²) in [6.07, 6.45) is 1.83. The van der Waals surface area contributed by atoms with Gasteiger partial charge in [0.2, 0.25) is 0 Å². The topological polar surface area (TPSA) is 59.8 Å². The first-order valence-electron chi connectivity index (χ1n) is 7.94. The predicted molar refractivity (Wildman–Crippen MR) is 99.1 cm³/mol. The predicted octanol–water partition coefficient (Wildman–Crippen LogP) is 3.72. The number of nitrogens with zero attached hydrogens (tertiary/aromatic N) is 3. The molecule has 0 spiro atoms. The fourth-order valence-corrected chi connectivity index (χ4v) is 3.53. The van der Waals surface area contributed by atoms with Crippen LogP contribution in [0.2, 0.25) is 0 Å². The Morgan fingerprint density at radius 3 is 2.76 bits per heavy atom. The molecule has 2 aromatic heterocycles. The third kappa shape index (κ3) is 3.29. The molecule has 0 atom stereocenters. The molecule has 4 aromatic rings. The molecule has 0 aliphatic rings. The van der Waals surface area contributed by atoms with Gasteiger partial charge in [0, 0.05) is 4.70 Å². The van der Waals surface area contributed by atoms with Gasteiger partial charge in [-0.1, -0.05) is 41.1 Å². The summed E-state index contributed by atoms with van der Waals surface area (Å²) in [5.74, 6) is -0.0916. The van der Waals surface area contributed by atoms with Crippen LogP contribution in [0.5, 0.6) is 0 Å². The van der Waals surface area contributed by atoms with Gasteiger partial charge in [-0.15, -0.1) is 16.4 Å². The summed E-state index contributed by atoms with van der Waals surface area (Å²) in [5, 5.41) is 12.2. The Kier molecular flexibility index (Phi) is 4.03. The summed E-state index contributed by atoms with van der Waals surface area (Å²) < 4.78 is 2.82. The van der Waals surface area contributed by atoms with E-state index in [1.54, 1.807) is 4.68 Å². The highest BCUT2D eigenvalue weighted by atomic mass is 32.1. The number of hydrogen-bond acceptors (Lipinski definition) is 4. The van der Waals surface area contributed by atoms with E-state index < -0.39 is 0 Å². The molecular weight excluding hydrogens is 332 g/mol. The molecule has 124 valence electrons. The van der Waals surface area contributed by atoms with Crippen molar-refractivity contribution >= 4 is 27.3 Å². The molecule has 6 heteroatoms. The number of thiophene rings is 1. The molecule has 0 unspecified atom stereocenters. The smallest absolute Gasteiger partial charge is 0.261 e. The molecule has 0 bridgehead atoms. The Bertz CT molecular complexity index is 1000. The van der Waals surface area contributed by atoms with Crippen molar-refractivity contribution in [1.82, 2.24) is 20.3 Å². The zero-order chi connectivity index (χ0) is 17.2. The number of carbonyl (C=O) groups is 1. The lowest BCUT2D eigenvalue weighted by Gasteiger charge is -2.00. The average Bonchev–Trinajstić information content (AvgIpc) is 3.27. The molecule has 2 heterocycles. The largest absolute Gasteiger partial charge is 0.346 e. The Hall–Kier alpha value is -2.99. The quantitative estimate of drug-likeness (QED) is 0.611. The van der Waals surface area contributed by atoms with Crippen molar-refractivity contribution in [3.8, 4) is 5.69 Å². The number of aromatic nitrogens is 3. The highest BCUT2D eigenvalue weighted by Gasteiger charge is 2.11. The van der Waals surface area contributed by atoms with Gasteiger partial charge in [0.15, 0.2) is 0 Å². The van der Waals surface area contributed by atoms with Gasteiger partial charge in [-0.25, -0.2) is 4.68 Å². The number of carbonyl (C=O) groups excluding carboxylic acids is 1. The normalized spacial score (nSPS) is 10.9.